The van der Waals surface area contributed by atoms with E-state index in [1.807, 2.05) is 24.8 Å². The molecule has 0 amide bonds. The van der Waals surface area contributed by atoms with Gasteiger partial charge in [-0.05, 0) is 10.8 Å². The molecule has 20 heavy (non-hydrogen) atoms. The van der Waals surface area contributed by atoms with Gasteiger partial charge in [0.25, 0.3) is 0 Å². The Morgan fingerprint density at radius 3 is 1.50 bits per heavy atom. The van der Waals surface area contributed by atoms with Crippen molar-refractivity contribution in [1.29, 1.82) is 0 Å². The van der Waals surface area contributed by atoms with Crippen molar-refractivity contribution in [3.63, 3.8) is 0 Å². The number of benzene rings is 3. The van der Waals surface area contributed by atoms with Gasteiger partial charge in [-0.15, -0.1) is 0 Å². The van der Waals surface area contributed by atoms with Gasteiger partial charge in [-0.1, -0.05) is 36.4 Å². The first kappa shape index (κ1) is 10.1. The van der Waals surface area contributed by atoms with Crippen molar-refractivity contribution in [2.45, 2.75) is 0 Å². The van der Waals surface area contributed by atoms with Crippen LogP contribution in [0.3, 0.4) is 0 Å². The molecule has 0 bridgehead atoms. The molecule has 0 N–H and O–H groups in total. The molecule has 2 heteroatoms. The van der Waals surface area contributed by atoms with E-state index in [0.29, 0.717) is 0 Å². The molecular formula is C18H10N2. The molecule has 5 rings (SSSR count). The van der Waals surface area contributed by atoms with E-state index in [-0.39, 0.29) is 0 Å². The fourth-order valence-corrected chi connectivity index (χ4v) is 3.33. The summed E-state index contributed by atoms with van der Waals surface area (Å²) in [5.74, 6) is 0. The number of pyridine rings is 2. The highest BCUT2D eigenvalue weighted by Gasteiger charge is 2.12. The predicted molar refractivity (Wildman–Crippen MR) is 83.2 cm³/mol. The highest BCUT2D eigenvalue weighted by Crippen LogP contribution is 2.38. The Morgan fingerprint density at radius 1 is 0.500 bits per heavy atom. The lowest BCUT2D eigenvalue weighted by Gasteiger charge is -2.12. The van der Waals surface area contributed by atoms with Crippen molar-refractivity contribution in [3.8, 4) is 0 Å². The van der Waals surface area contributed by atoms with Gasteiger partial charge in [0.15, 0.2) is 0 Å². The van der Waals surface area contributed by atoms with E-state index in [9.17, 15) is 0 Å². The van der Waals surface area contributed by atoms with Gasteiger partial charge in [-0.2, -0.15) is 0 Å². The van der Waals surface area contributed by atoms with E-state index >= 15 is 0 Å². The third-order valence-corrected chi connectivity index (χ3v) is 4.15. The van der Waals surface area contributed by atoms with Crippen LogP contribution in [-0.4, -0.2) is 9.97 Å². The van der Waals surface area contributed by atoms with Crippen LogP contribution in [-0.2, 0) is 0 Å². The van der Waals surface area contributed by atoms with Crippen LogP contribution in [0.5, 0.6) is 0 Å². The molecule has 2 nitrogen and oxygen atoms in total. The Bertz CT molecular complexity index is 926. The number of aromatic nitrogens is 2. The quantitative estimate of drug-likeness (QED) is 0.300. The third kappa shape index (κ3) is 1.09. The summed E-state index contributed by atoms with van der Waals surface area (Å²) < 4.78 is 0. The lowest BCUT2D eigenvalue weighted by Crippen LogP contribution is -1.88. The number of hydrogen-bond donors (Lipinski definition) is 0. The molecule has 0 spiro atoms. The van der Waals surface area contributed by atoms with Crippen LogP contribution >= 0.6 is 0 Å². The van der Waals surface area contributed by atoms with Crippen molar-refractivity contribution in [1.82, 2.24) is 9.97 Å². The molecule has 0 aliphatic carbocycles. The first-order chi connectivity index (χ1) is 9.93. The van der Waals surface area contributed by atoms with Gasteiger partial charge in [0.05, 0.1) is 0 Å². The predicted octanol–water partition coefficient (Wildman–Crippen LogP) is 4.53. The van der Waals surface area contributed by atoms with Crippen molar-refractivity contribution < 1.29 is 0 Å². The molecule has 2 heterocycles. The number of fused-ring (bicyclic) bond motifs is 2. The van der Waals surface area contributed by atoms with Crippen LogP contribution in [0.1, 0.15) is 0 Å². The fraction of sp³-hybridized carbons (Fsp3) is 0. The van der Waals surface area contributed by atoms with E-state index in [1.165, 1.54) is 43.1 Å². The van der Waals surface area contributed by atoms with Crippen molar-refractivity contribution >= 4 is 43.1 Å². The van der Waals surface area contributed by atoms with Gasteiger partial charge >= 0.3 is 0 Å². The van der Waals surface area contributed by atoms with Crippen LogP contribution in [0, 0.1) is 0 Å². The standard InChI is InChI=1S/C18H10N2/c1-3-11-7-19-10-16-14-6-2-4-12-8-20-9-15(18(12)14)13(5-1)17(11)16/h1-10H. The Labute approximate surface area is 115 Å². The highest BCUT2D eigenvalue weighted by molar-refractivity contribution is 6.32. The third-order valence-electron chi connectivity index (χ3n) is 4.15. The molecule has 0 saturated carbocycles. The number of nitrogens with zero attached hydrogens (tertiary/aromatic N) is 2. The highest BCUT2D eigenvalue weighted by atomic mass is 14.6. The smallest absolute Gasteiger partial charge is 0.0353 e. The molecule has 0 atom stereocenters. The van der Waals surface area contributed by atoms with E-state index in [1.54, 1.807) is 0 Å². The van der Waals surface area contributed by atoms with Crippen LogP contribution in [0.2, 0.25) is 0 Å². The van der Waals surface area contributed by atoms with Gasteiger partial charge in [0.2, 0.25) is 0 Å². The van der Waals surface area contributed by atoms with Crippen LogP contribution in [0.15, 0.2) is 61.2 Å². The first-order valence-electron chi connectivity index (χ1n) is 6.68. The maximum Gasteiger partial charge on any atom is 0.0353 e. The second kappa shape index (κ2) is 3.42. The lowest BCUT2D eigenvalue weighted by molar-refractivity contribution is 1.38. The molecule has 0 unspecified atom stereocenters. The Morgan fingerprint density at radius 2 is 1.00 bits per heavy atom. The first-order valence-corrected chi connectivity index (χ1v) is 6.68. The zero-order valence-electron chi connectivity index (χ0n) is 10.7. The monoisotopic (exact) mass is 254 g/mol. The molecular weight excluding hydrogens is 244 g/mol. The molecule has 92 valence electrons. The summed E-state index contributed by atoms with van der Waals surface area (Å²) >= 11 is 0. The normalized spacial score (nSPS) is 12.0. The molecule has 0 aliphatic heterocycles. The summed E-state index contributed by atoms with van der Waals surface area (Å²) in [6.07, 6.45) is 7.82. The summed E-state index contributed by atoms with van der Waals surface area (Å²) in [6, 6.07) is 12.8. The van der Waals surface area contributed by atoms with Crippen molar-refractivity contribution in [2.75, 3.05) is 0 Å². The Balaban J connectivity index is 2.32. The molecule has 0 radical (unpaired) electrons. The van der Waals surface area contributed by atoms with Crippen molar-refractivity contribution in [2.24, 2.45) is 0 Å². The molecule has 5 aromatic rings. The molecule has 0 fully saturated rings. The number of rotatable bonds is 0. The Kier molecular flexibility index (Phi) is 1.73. The van der Waals surface area contributed by atoms with E-state index in [4.69, 9.17) is 0 Å². The maximum absolute atomic E-state index is 4.40. The van der Waals surface area contributed by atoms with Crippen LogP contribution < -0.4 is 0 Å². The lowest BCUT2D eigenvalue weighted by atomic mass is 9.92. The minimum absolute atomic E-state index is 1.19. The molecule has 2 aromatic heterocycles. The zero-order chi connectivity index (χ0) is 13.1. The van der Waals surface area contributed by atoms with E-state index < -0.39 is 0 Å². The summed E-state index contributed by atoms with van der Waals surface area (Å²) in [5, 5.41) is 9.92. The van der Waals surface area contributed by atoms with Gasteiger partial charge in [-0.3, -0.25) is 9.97 Å². The average Bonchev–Trinajstić information content (AvgIpc) is 2.52. The second-order valence-corrected chi connectivity index (χ2v) is 5.18. The minimum atomic E-state index is 1.19. The molecule has 0 aliphatic rings. The second-order valence-electron chi connectivity index (χ2n) is 5.18. The average molecular weight is 254 g/mol. The Hall–Kier alpha value is -2.74. The summed E-state index contributed by atoms with van der Waals surface area (Å²) in [7, 11) is 0. The van der Waals surface area contributed by atoms with Crippen molar-refractivity contribution in [3.05, 3.63) is 61.2 Å². The van der Waals surface area contributed by atoms with Gasteiger partial charge in [-0.25, -0.2) is 0 Å². The number of hydrogen-bond acceptors (Lipinski definition) is 2. The minimum Gasteiger partial charge on any atom is -0.263 e. The SMILES string of the molecule is c1cc2cncc3c4cccc5cncc(c(c1)c23)c54. The topological polar surface area (TPSA) is 25.8 Å². The zero-order valence-corrected chi connectivity index (χ0v) is 10.7. The van der Waals surface area contributed by atoms with Gasteiger partial charge in [0, 0.05) is 57.1 Å². The van der Waals surface area contributed by atoms with Crippen LogP contribution in [0.25, 0.3) is 43.1 Å². The summed E-state index contributed by atoms with van der Waals surface area (Å²) in [6.45, 7) is 0. The maximum atomic E-state index is 4.40. The molecule has 0 saturated heterocycles. The van der Waals surface area contributed by atoms with Gasteiger partial charge < -0.3 is 0 Å². The van der Waals surface area contributed by atoms with E-state index in [2.05, 4.69) is 46.4 Å². The van der Waals surface area contributed by atoms with Gasteiger partial charge in [0.1, 0.15) is 0 Å². The largest absolute Gasteiger partial charge is 0.263 e. The summed E-state index contributed by atoms with van der Waals surface area (Å²) in [5.41, 5.74) is 0. The van der Waals surface area contributed by atoms with Crippen LogP contribution in [0.4, 0.5) is 0 Å². The fourth-order valence-electron chi connectivity index (χ4n) is 3.33. The summed E-state index contributed by atoms with van der Waals surface area (Å²) in [4.78, 5) is 8.81. The molecule has 3 aromatic carbocycles. The van der Waals surface area contributed by atoms with E-state index in [0.717, 1.165) is 0 Å².